The lowest BCUT2D eigenvalue weighted by molar-refractivity contribution is -0.170. The van der Waals surface area contributed by atoms with Gasteiger partial charge in [-0.05, 0) is 0 Å². The molecule has 3 heterocycles. The molecule has 13 heavy (non-hydrogen) atoms. The van der Waals surface area contributed by atoms with Gasteiger partial charge in [-0.15, -0.1) is 0 Å². The molecule has 0 spiro atoms. The summed E-state index contributed by atoms with van der Waals surface area (Å²) in [7, 11) is 3.26. The van der Waals surface area contributed by atoms with E-state index in [0.717, 1.165) is 0 Å². The summed E-state index contributed by atoms with van der Waals surface area (Å²) in [6.45, 7) is 0.474. The van der Waals surface area contributed by atoms with E-state index >= 15 is 0 Å². The molecule has 3 aliphatic rings. The van der Waals surface area contributed by atoms with Crippen molar-refractivity contribution in [3.63, 3.8) is 0 Å². The number of carbonyl (C=O) groups is 2. The molecule has 3 rings (SSSR count). The van der Waals surface area contributed by atoms with E-state index in [4.69, 9.17) is 4.74 Å². The quantitative estimate of drug-likeness (QED) is 0.487. The number of likely N-dealkylation sites (N-methyl/N-ethyl adjacent to an activating group) is 2. The molecule has 0 radical (unpaired) electrons. The number of piperazine rings is 1. The summed E-state index contributed by atoms with van der Waals surface area (Å²) >= 11 is 0. The molecule has 1 unspecified atom stereocenters. The van der Waals surface area contributed by atoms with Gasteiger partial charge in [0.2, 0.25) is 12.1 Å². The van der Waals surface area contributed by atoms with E-state index < -0.39 is 6.23 Å². The summed E-state index contributed by atoms with van der Waals surface area (Å²) in [5.74, 6) is -0.144. The highest BCUT2D eigenvalue weighted by molar-refractivity contribution is 5.96. The van der Waals surface area contributed by atoms with Gasteiger partial charge in [-0.3, -0.25) is 9.59 Å². The van der Waals surface area contributed by atoms with Crippen molar-refractivity contribution in [1.29, 1.82) is 0 Å². The van der Waals surface area contributed by atoms with Crippen LogP contribution < -0.4 is 0 Å². The van der Waals surface area contributed by atoms with E-state index in [1.54, 1.807) is 14.1 Å². The Morgan fingerprint density at radius 1 is 1.23 bits per heavy atom. The molecule has 2 atom stereocenters. The third-order valence-electron chi connectivity index (χ3n) is 2.68. The highest BCUT2D eigenvalue weighted by Gasteiger charge is 2.45. The Morgan fingerprint density at radius 3 is 2.62 bits per heavy atom. The van der Waals surface area contributed by atoms with Crippen LogP contribution in [0.3, 0.4) is 0 Å². The molecule has 0 N–H and O–H groups in total. The van der Waals surface area contributed by atoms with Crippen molar-refractivity contribution < 1.29 is 14.3 Å². The van der Waals surface area contributed by atoms with Gasteiger partial charge < -0.3 is 14.5 Å². The van der Waals surface area contributed by atoms with E-state index in [2.05, 4.69) is 0 Å². The standard InChI is InChI=1S/C8H12N2O3/c1-9-5-3-4-13-8(7(9)12)10(2)6(5)11/h5,8H,3-4H2,1-2H3/t5-,8?/m0/s1. The fourth-order valence-corrected chi connectivity index (χ4v) is 1.80. The van der Waals surface area contributed by atoms with Crippen LogP contribution in [0.15, 0.2) is 0 Å². The van der Waals surface area contributed by atoms with Gasteiger partial charge in [0.25, 0.3) is 5.91 Å². The van der Waals surface area contributed by atoms with Crippen LogP contribution in [0.25, 0.3) is 0 Å². The lowest BCUT2D eigenvalue weighted by atomic mass is 10.1. The van der Waals surface area contributed by atoms with Crippen molar-refractivity contribution in [2.75, 3.05) is 20.7 Å². The minimum Gasteiger partial charge on any atom is -0.349 e. The molecule has 3 saturated heterocycles. The molecule has 5 heteroatoms. The molecule has 3 fully saturated rings. The van der Waals surface area contributed by atoms with Gasteiger partial charge in [0.15, 0.2) is 0 Å². The van der Waals surface area contributed by atoms with E-state index in [-0.39, 0.29) is 17.9 Å². The van der Waals surface area contributed by atoms with Crippen molar-refractivity contribution in [3.05, 3.63) is 0 Å². The molecule has 0 aromatic rings. The second-order valence-corrected chi connectivity index (χ2v) is 3.43. The first-order valence-electron chi connectivity index (χ1n) is 4.28. The highest BCUT2D eigenvalue weighted by atomic mass is 16.5. The highest BCUT2D eigenvalue weighted by Crippen LogP contribution is 2.22. The van der Waals surface area contributed by atoms with Crippen molar-refractivity contribution in [1.82, 2.24) is 9.80 Å². The molecule has 5 nitrogen and oxygen atoms in total. The van der Waals surface area contributed by atoms with Gasteiger partial charge in [0.05, 0.1) is 6.61 Å². The van der Waals surface area contributed by atoms with E-state index in [9.17, 15) is 9.59 Å². The molecule has 0 aromatic heterocycles. The number of carbonyl (C=O) groups excluding carboxylic acids is 2. The third kappa shape index (κ3) is 1.03. The van der Waals surface area contributed by atoms with Crippen LogP contribution >= 0.6 is 0 Å². The number of hydrogen-bond donors (Lipinski definition) is 0. The summed E-state index contributed by atoms with van der Waals surface area (Å²) in [5, 5.41) is 0. The lowest BCUT2D eigenvalue weighted by Crippen LogP contribution is -2.60. The number of amides is 2. The Labute approximate surface area is 76.2 Å². The normalized spacial score (nSPS) is 34.0. The largest absolute Gasteiger partial charge is 0.349 e. The number of hydrogen-bond acceptors (Lipinski definition) is 3. The molecular formula is C8H12N2O3. The van der Waals surface area contributed by atoms with Gasteiger partial charge in [-0.2, -0.15) is 0 Å². The van der Waals surface area contributed by atoms with Crippen LogP contribution in [0, 0.1) is 0 Å². The molecule has 0 aromatic carbocycles. The number of rotatable bonds is 0. The van der Waals surface area contributed by atoms with Gasteiger partial charge in [0.1, 0.15) is 6.04 Å². The minimum atomic E-state index is -0.698. The summed E-state index contributed by atoms with van der Waals surface area (Å²) < 4.78 is 5.27. The maximum atomic E-state index is 11.6. The Morgan fingerprint density at radius 2 is 1.92 bits per heavy atom. The van der Waals surface area contributed by atoms with Crippen molar-refractivity contribution in [2.24, 2.45) is 0 Å². The predicted molar refractivity (Wildman–Crippen MR) is 43.7 cm³/mol. The molecule has 2 bridgehead atoms. The second-order valence-electron chi connectivity index (χ2n) is 3.43. The molecule has 3 aliphatic heterocycles. The van der Waals surface area contributed by atoms with Gasteiger partial charge in [0, 0.05) is 20.5 Å². The average Bonchev–Trinajstić information content (AvgIpc) is 2.33. The first-order valence-corrected chi connectivity index (χ1v) is 4.28. The smallest absolute Gasteiger partial charge is 0.273 e. The van der Waals surface area contributed by atoms with Crippen molar-refractivity contribution in [2.45, 2.75) is 18.7 Å². The van der Waals surface area contributed by atoms with E-state index in [1.807, 2.05) is 0 Å². The van der Waals surface area contributed by atoms with Crippen LogP contribution in [0.2, 0.25) is 0 Å². The first-order chi connectivity index (χ1) is 6.13. The summed E-state index contributed by atoms with van der Waals surface area (Å²) in [4.78, 5) is 26.1. The molecule has 2 amide bonds. The molecule has 0 saturated carbocycles. The fraction of sp³-hybridized carbons (Fsp3) is 0.750. The van der Waals surface area contributed by atoms with E-state index in [0.29, 0.717) is 13.0 Å². The van der Waals surface area contributed by atoms with Crippen LogP contribution in [0.4, 0.5) is 0 Å². The third-order valence-corrected chi connectivity index (χ3v) is 2.68. The van der Waals surface area contributed by atoms with Crippen LogP contribution in [0.1, 0.15) is 6.42 Å². The number of ether oxygens (including phenoxy) is 1. The minimum absolute atomic E-state index is 0.0235. The zero-order chi connectivity index (χ0) is 9.59. The zero-order valence-electron chi connectivity index (χ0n) is 7.69. The van der Waals surface area contributed by atoms with E-state index in [1.165, 1.54) is 9.80 Å². The topological polar surface area (TPSA) is 49.9 Å². The number of fused-ring (bicyclic) bond motifs is 4. The Bertz CT molecular complexity index is 240. The second kappa shape index (κ2) is 2.70. The lowest BCUT2D eigenvalue weighted by Gasteiger charge is -2.37. The van der Waals surface area contributed by atoms with Gasteiger partial charge in [-0.25, -0.2) is 0 Å². The van der Waals surface area contributed by atoms with Crippen LogP contribution in [-0.4, -0.2) is 54.6 Å². The van der Waals surface area contributed by atoms with Crippen molar-refractivity contribution in [3.8, 4) is 0 Å². The Hall–Kier alpha value is -1.10. The SMILES string of the molecule is CN1C(=O)[C@@H]2CCOC1C(=O)N2C. The molecule has 0 aliphatic carbocycles. The maximum Gasteiger partial charge on any atom is 0.273 e. The van der Waals surface area contributed by atoms with Crippen LogP contribution in [0.5, 0.6) is 0 Å². The predicted octanol–water partition coefficient (Wildman–Crippen LogP) is -0.968. The number of nitrogens with zero attached hydrogens (tertiary/aromatic N) is 2. The molecule has 72 valence electrons. The Kier molecular flexibility index (Phi) is 1.76. The summed E-state index contributed by atoms with van der Waals surface area (Å²) in [6.07, 6.45) is -0.0988. The first kappa shape index (κ1) is 8.50. The Balaban J connectivity index is 2.38. The van der Waals surface area contributed by atoms with Crippen molar-refractivity contribution >= 4 is 11.8 Å². The molecular weight excluding hydrogens is 172 g/mol. The van der Waals surface area contributed by atoms with Gasteiger partial charge >= 0.3 is 0 Å². The average molecular weight is 184 g/mol. The fourth-order valence-electron chi connectivity index (χ4n) is 1.80. The monoisotopic (exact) mass is 184 g/mol. The maximum absolute atomic E-state index is 11.6. The van der Waals surface area contributed by atoms with Gasteiger partial charge in [-0.1, -0.05) is 0 Å². The summed E-state index contributed by atoms with van der Waals surface area (Å²) in [6, 6.07) is -0.323. The zero-order valence-corrected chi connectivity index (χ0v) is 7.69. The summed E-state index contributed by atoms with van der Waals surface area (Å²) in [5.41, 5.74) is 0. The van der Waals surface area contributed by atoms with Crippen LogP contribution in [-0.2, 0) is 14.3 Å².